The number of ether oxygens (including phenoxy) is 1. The van der Waals surface area contributed by atoms with E-state index in [0.717, 1.165) is 0 Å². The fourth-order valence-corrected chi connectivity index (χ4v) is 4.42. The minimum Gasteiger partial charge on any atom is -0.503 e. The van der Waals surface area contributed by atoms with Crippen LogP contribution in [0.4, 0.5) is 11.4 Å². The number of Topliss-reactive ketones (excluding diaryl/α,β-unsaturated/α-hetero) is 1. The third-order valence-corrected chi connectivity index (χ3v) is 5.97. The number of ketones is 1. The Labute approximate surface area is 188 Å². The molecule has 4 rings (SSSR count). The van der Waals surface area contributed by atoms with Gasteiger partial charge in [-0.2, -0.15) is 0 Å². The molecule has 2 amide bonds. The molecule has 0 aliphatic carbocycles. The van der Waals surface area contributed by atoms with Crippen LogP contribution in [0.2, 0.25) is 0 Å². The molecule has 32 heavy (non-hydrogen) atoms. The first-order valence-electron chi connectivity index (χ1n) is 9.78. The highest BCUT2D eigenvalue weighted by molar-refractivity contribution is 7.12. The number of aliphatic hydroxyl groups is 1. The minimum atomic E-state index is -0.889. The highest BCUT2D eigenvalue weighted by atomic mass is 32.1. The summed E-state index contributed by atoms with van der Waals surface area (Å²) in [4.78, 5) is 39.6. The smallest absolute Gasteiger partial charge is 0.294 e. The van der Waals surface area contributed by atoms with E-state index in [-0.39, 0.29) is 11.5 Å². The van der Waals surface area contributed by atoms with Gasteiger partial charge in [-0.1, -0.05) is 24.3 Å². The van der Waals surface area contributed by atoms with Crippen molar-refractivity contribution in [1.29, 1.82) is 0 Å². The van der Waals surface area contributed by atoms with Crippen LogP contribution in [0.15, 0.2) is 77.4 Å². The molecule has 1 aliphatic heterocycles. The largest absolute Gasteiger partial charge is 0.503 e. The van der Waals surface area contributed by atoms with Crippen LogP contribution >= 0.6 is 11.3 Å². The number of aliphatic hydroxyl groups excluding tert-OH is 1. The van der Waals surface area contributed by atoms with Gasteiger partial charge in [-0.15, -0.1) is 11.3 Å². The summed E-state index contributed by atoms with van der Waals surface area (Å²) in [5.41, 5.74) is 1.58. The van der Waals surface area contributed by atoms with E-state index >= 15 is 0 Å². The number of rotatable bonds is 6. The van der Waals surface area contributed by atoms with Crippen LogP contribution in [-0.2, 0) is 9.59 Å². The standard InChI is InChI=1S/C24H20N2O5S/c1-14(27)25-15-9-11-16(12-10-15)26-21(17-6-3-4-7-18(17)31-2)20(23(29)24(26)30)22(28)19-8-5-13-32-19/h3-13,21,29H,1-2H3,(H,25,27). The first-order valence-corrected chi connectivity index (χ1v) is 10.7. The number of methoxy groups -OCH3 is 1. The Morgan fingerprint density at radius 2 is 1.78 bits per heavy atom. The number of carbonyl (C=O) groups excluding carboxylic acids is 3. The molecule has 1 atom stereocenters. The van der Waals surface area contributed by atoms with Crippen molar-refractivity contribution < 1.29 is 24.2 Å². The first-order chi connectivity index (χ1) is 15.4. The van der Waals surface area contributed by atoms with E-state index in [1.165, 1.54) is 30.3 Å². The van der Waals surface area contributed by atoms with Crippen LogP contribution in [0.25, 0.3) is 0 Å². The minimum absolute atomic E-state index is 0.00659. The Hall–Kier alpha value is -3.91. The Balaban J connectivity index is 1.85. The van der Waals surface area contributed by atoms with Crippen molar-refractivity contribution in [3.8, 4) is 5.75 Å². The number of para-hydroxylation sites is 1. The summed E-state index contributed by atoms with van der Waals surface area (Å²) in [6, 6.07) is 16.2. The second kappa shape index (κ2) is 8.68. The van der Waals surface area contributed by atoms with Gasteiger partial charge in [0.2, 0.25) is 11.7 Å². The second-order valence-electron chi connectivity index (χ2n) is 7.12. The van der Waals surface area contributed by atoms with Gasteiger partial charge in [0.05, 0.1) is 23.6 Å². The lowest BCUT2D eigenvalue weighted by Gasteiger charge is -2.28. The van der Waals surface area contributed by atoms with Crippen molar-refractivity contribution in [2.75, 3.05) is 17.3 Å². The average molecular weight is 449 g/mol. The van der Waals surface area contributed by atoms with E-state index < -0.39 is 23.5 Å². The lowest BCUT2D eigenvalue weighted by atomic mass is 9.94. The van der Waals surface area contributed by atoms with Crippen LogP contribution in [0, 0.1) is 0 Å². The van der Waals surface area contributed by atoms with Gasteiger partial charge in [0.15, 0.2) is 5.76 Å². The summed E-state index contributed by atoms with van der Waals surface area (Å²) in [5, 5.41) is 15.2. The van der Waals surface area contributed by atoms with Crippen molar-refractivity contribution in [2.45, 2.75) is 13.0 Å². The number of anilines is 2. The summed E-state index contributed by atoms with van der Waals surface area (Å²) in [6.07, 6.45) is 0. The highest BCUT2D eigenvalue weighted by Crippen LogP contribution is 2.45. The summed E-state index contributed by atoms with van der Waals surface area (Å²) < 4.78 is 5.50. The number of benzene rings is 2. The van der Waals surface area contributed by atoms with Crippen LogP contribution in [0.1, 0.15) is 28.2 Å². The van der Waals surface area contributed by atoms with Crippen molar-refractivity contribution >= 4 is 40.3 Å². The van der Waals surface area contributed by atoms with Crippen molar-refractivity contribution in [2.24, 2.45) is 0 Å². The maximum Gasteiger partial charge on any atom is 0.294 e. The third-order valence-electron chi connectivity index (χ3n) is 5.10. The molecule has 0 saturated carbocycles. The normalized spacial score (nSPS) is 15.8. The molecular weight excluding hydrogens is 428 g/mol. The van der Waals surface area contributed by atoms with Crippen LogP contribution in [0.3, 0.4) is 0 Å². The predicted molar refractivity (Wildman–Crippen MR) is 122 cm³/mol. The van der Waals surface area contributed by atoms with Crippen LogP contribution in [-0.4, -0.2) is 29.8 Å². The quantitative estimate of drug-likeness (QED) is 0.542. The molecule has 2 aromatic carbocycles. The summed E-state index contributed by atoms with van der Waals surface area (Å²) in [5.74, 6) is -1.43. The molecule has 2 heterocycles. The molecule has 0 fully saturated rings. The number of nitrogens with zero attached hydrogens (tertiary/aromatic N) is 1. The lowest BCUT2D eigenvalue weighted by Crippen LogP contribution is -2.31. The molecule has 1 aliphatic rings. The molecule has 3 aromatic rings. The zero-order chi connectivity index (χ0) is 22.8. The number of hydrogen-bond donors (Lipinski definition) is 2. The summed E-state index contributed by atoms with van der Waals surface area (Å²) >= 11 is 1.24. The molecule has 8 heteroatoms. The van der Waals surface area contributed by atoms with Crippen molar-refractivity contribution in [3.63, 3.8) is 0 Å². The molecule has 1 unspecified atom stereocenters. The Morgan fingerprint density at radius 1 is 1.06 bits per heavy atom. The zero-order valence-corrected chi connectivity index (χ0v) is 18.2. The molecular formula is C24H20N2O5S. The molecule has 0 saturated heterocycles. The van der Waals surface area contributed by atoms with Gasteiger partial charge in [-0.3, -0.25) is 19.3 Å². The second-order valence-corrected chi connectivity index (χ2v) is 8.06. The maximum absolute atomic E-state index is 13.3. The SMILES string of the molecule is COc1ccccc1C1C(C(=O)c2cccs2)=C(O)C(=O)N1c1ccc(NC(C)=O)cc1. The molecule has 0 spiro atoms. The first kappa shape index (κ1) is 21.3. The van der Waals surface area contributed by atoms with Gasteiger partial charge >= 0.3 is 0 Å². The Kier molecular flexibility index (Phi) is 5.79. The molecule has 7 nitrogen and oxygen atoms in total. The zero-order valence-electron chi connectivity index (χ0n) is 17.4. The van der Waals surface area contributed by atoms with E-state index in [9.17, 15) is 19.5 Å². The molecule has 1 aromatic heterocycles. The average Bonchev–Trinajstić information content (AvgIpc) is 3.41. The van der Waals surface area contributed by atoms with Gasteiger partial charge in [-0.25, -0.2) is 0 Å². The number of hydrogen-bond acceptors (Lipinski definition) is 6. The van der Waals surface area contributed by atoms with Crippen molar-refractivity contribution in [1.82, 2.24) is 0 Å². The van der Waals surface area contributed by atoms with E-state index in [4.69, 9.17) is 4.74 Å². The topological polar surface area (TPSA) is 95.9 Å². The summed E-state index contributed by atoms with van der Waals surface area (Å²) in [7, 11) is 1.51. The van der Waals surface area contributed by atoms with Gasteiger partial charge in [0.25, 0.3) is 5.91 Å². The van der Waals surface area contributed by atoms with E-state index in [1.807, 2.05) is 0 Å². The number of nitrogens with one attached hydrogen (secondary N) is 1. The Morgan fingerprint density at radius 3 is 2.41 bits per heavy atom. The van der Waals surface area contributed by atoms with Crippen molar-refractivity contribution in [3.05, 3.63) is 87.8 Å². The van der Waals surface area contributed by atoms with E-state index in [2.05, 4.69) is 5.32 Å². The number of amides is 2. The van der Waals surface area contributed by atoms with Crippen LogP contribution < -0.4 is 15.0 Å². The molecule has 0 radical (unpaired) electrons. The van der Waals surface area contributed by atoms with Gasteiger partial charge in [0.1, 0.15) is 5.75 Å². The summed E-state index contributed by atoms with van der Waals surface area (Å²) in [6.45, 7) is 1.40. The number of carbonyl (C=O) groups is 3. The van der Waals surface area contributed by atoms with Gasteiger partial charge in [0, 0.05) is 23.9 Å². The maximum atomic E-state index is 13.3. The van der Waals surface area contributed by atoms with E-state index in [1.54, 1.807) is 66.0 Å². The fourth-order valence-electron chi connectivity index (χ4n) is 3.74. The van der Waals surface area contributed by atoms with Gasteiger partial charge in [-0.05, 0) is 41.8 Å². The molecule has 2 N–H and O–H groups in total. The van der Waals surface area contributed by atoms with Gasteiger partial charge < -0.3 is 15.2 Å². The van der Waals surface area contributed by atoms with E-state index in [0.29, 0.717) is 27.6 Å². The monoisotopic (exact) mass is 448 g/mol. The molecule has 162 valence electrons. The Bertz CT molecular complexity index is 1220. The van der Waals surface area contributed by atoms with Crippen LogP contribution in [0.5, 0.6) is 5.75 Å². The highest BCUT2D eigenvalue weighted by Gasteiger charge is 2.45. The fraction of sp³-hybridized carbons (Fsp3) is 0.125. The third kappa shape index (κ3) is 3.76. The number of thiophene rings is 1. The molecule has 0 bridgehead atoms. The lowest BCUT2D eigenvalue weighted by molar-refractivity contribution is -0.117. The predicted octanol–water partition coefficient (Wildman–Crippen LogP) is 4.50.